The number of aliphatic hydroxyl groups is 1. The van der Waals surface area contributed by atoms with Crippen LogP contribution < -0.4 is 9.47 Å². The highest BCUT2D eigenvalue weighted by molar-refractivity contribution is 5.38. The first-order valence-corrected chi connectivity index (χ1v) is 5.93. The molecule has 1 N–H and O–H groups in total. The zero-order valence-electron chi connectivity index (χ0n) is 11.4. The summed E-state index contributed by atoms with van der Waals surface area (Å²) in [6.07, 6.45) is 1.34. The maximum Gasteiger partial charge on any atom is 0.242 e. The van der Waals surface area contributed by atoms with Crippen LogP contribution in [0.1, 0.15) is 18.2 Å². The molecule has 1 atom stereocenters. The van der Waals surface area contributed by atoms with Crippen molar-refractivity contribution in [3.05, 3.63) is 47.5 Å². The fourth-order valence-corrected chi connectivity index (χ4v) is 1.92. The molecule has 0 saturated heterocycles. The molecule has 20 heavy (non-hydrogen) atoms. The van der Waals surface area contributed by atoms with Crippen LogP contribution in [0.2, 0.25) is 0 Å². The first-order chi connectivity index (χ1) is 9.50. The molecule has 2 rings (SSSR count). The lowest BCUT2D eigenvalue weighted by atomic mass is 9.92. The highest BCUT2D eigenvalue weighted by Gasteiger charge is 2.34. The van der Waals surface area contributed by atoms with Crippen molar-refractivity contribution in [2.75, 3.05) is 14.2 Å². The topological polar surface area (TPSA) is 64.5 Å². The molecule has 0 spiro atoms. The van der Waals surface area contributed by atoms with Gasteiger partial charge < -0.3 is 14.6 Å². The minimum atomic E-state index is -1.67. The van der Waals surface area contributed by atoms with Gasteiger partial charge in [-0.25, -0.2) is 9.37 Å². The number of hydrogen-bond donors (Lipinski definition) is 1. The first-order valence-electron chi connectivity index (χ1n) is 5.93. The van der Waals surface area contributed by atoms with Crippen LogP contribution in [0.25, 0.3) is 0 Å². The van der Waals surface area contributed by atoms with Crippen molar-refractivity contribution in [3.63, 3.8) is 0 Å². The largest absolute Gasteiger partial charge is 0.480 e. The van der Waals surface area contributed by atoms with Gasteiger partial charge in [0.2, 0.25) is 11.8 Å². The Kier molecular flexibility index (Phi) is 3.85. The lowest BCUT2D eigenvalue weighted by Crippen LogP contribution is -2.27. The van der Waals surface area contributed by atoms with Gasteiger partial charge in [0, 0.05) is 5.56 Å². The molecule has 0 aliphatic heterocycles. The van der Waals surface area contributed by atoms with E-state index in [9.17, 15) is 9.50 Å². The molecule has 1 aromatic heterocycles. The molecule has 0 radical (unpaired) electrons. The Morgan fingerprint density at radius 1 is 1.20 bits per heavy atom. The second-order valence-corrected chi connectivity index (χ2v) is 4.32. The van der Waals surface area contributed by atoms with Crippen molar-refractivity contribution in [1.29, 1.82) is 0 Å². The lowest BCUT2D eigenvalue weighted by Gasteiger charge is -2.24. The van der Waals surface area contributed by atoms with Gasteiger partial charge in [-0.05, 0) is 13.0 Å². The van der Waals surface area contributed by atoms with E-state index in [1.807, 2.05) is 0 Å². The second kappa shape index (κ2) is 5.42. The number of ether oxygens (including phenoxy) is 2. The Hall–Kier alpha value is -2.21. The van der Waals surface area contributed by atoms with Crippen molar-refractivity contribution < 1.29 is 19.0 Å². The average molecular weight is 278 g/mol. The van der Waals surface area contributed by atoms with E-state index in [1.54, 1.807) is 12.1 Å². The molecule has 5 nitrogen and oxygen atoms in total. The molecule has 0 fully saturated rings. The summed E-state index contributed by atoms with van der Waals surface area (Å²) in [7, 11) is 2.84. The minimum absolute atomic E-state index is 0.0811. The maximum atomic E-state index is 13.9. The summed E-state index contributed by atoms with van der Waals surface area (Å²) in [5, 5.41) is 10.7. The Bertz CT molecular complexity index is 617. The average Bonchev–Trinajstić information content (AvgIpc) is 2.46. The fourth-order valence-electron chi connectivity index (χ4n) is 1.92. The van der Waals surface area contributed by atoms with Crippen molar-refractivity contribution in [2.45, 2.75) is 12.5 Å². The number of aromatic nitrogens is 2. The van der Waals surface area contributed by atoms with Gasteiger partial charge in [0.1, 0.15) is 17.1 Å². The normalized spacial score (nSPS) is 13.7. The van der Waals surface area contributed by atoms with Gasteiger partial charge in [-0.1, -0.05) is 18.2 Å². The summed E-state index contributed by atoms with van der Waals surface area (Å²) in [5.74, 6) is -0.204. The van der Waals surface area contributed by atoms with Gasteiger partial charge in [-0.2, -0.15) is 4.98 Å². The van der Waals surface area contributed by atoms with Gasteiger partial charge in [-0.15, -0.1) is 0 Å². The predicted molar refractivity (Wildman–Crippen MR) is 70.2 cm³/mol. The number of hydrogen-bond acceptors (Lipinski definition) is 5. The van der Waals surface area contributed by atoms with E-state index >= 15 is 0 Å². The smallest absolute Gasteiger partial charge is 0.242 e. The van der Waals surface area contributed by atoms with E-state index in [4.69, 9.17) is 9.47 Å². The monoisotopic (exact) mass is 278 g/mol. The van der Waals surface area contributed by atoms with Crippen LogP contribution in [-0.4, -0.2) is 29.3 Å². The van der Waals surface area contributed by atoms with E-state index in [1.165, 1.54) is 39.5 Å². The summed E-state index contributed by atoms with van der Waals surface area (Å²) in [6, 6.07) is 5.94. The van der Waals surface area contributed by atoms with E-state index < -0.39 is 11.4 Å². The van der Waals surface area contributed by atoms with Gasteiger partial charge in [0.15, 0.2) is 0 Å². The molecule has 0 aliphatic rings. The van der Waals surface area contributed by atoms with Gasteiger partial charge in [0.25, 0.3) is 0 Å². The molecule has 0 aliphatic carbocycles. The number of methoxy groups -OCH3 is 2. The van der Waals surface area contributed by atoms with E-state index in [0.29, 0.717) is 0 Å². The van der Waals surface area contributed by atoms with E-state index in [0.717, 1.165) is 0 Å². The van der Waals surface area contributed by atoms with Gasteiger partial charge in [0.05, 0.1) is 20.4 Å². The number of nitrogens with zero attached hydrogens (tertiary/aromatic N) is 2. The van der Waals surface area contributed by atoms with E-state index in [-0.39, 0.29) is 23.0 Å². The highest BCUT2D eigenvalue weighted by Crippen LogP contribution is 2.34. The third-order valence-electron chi connectivity index (χ3n) is 2.98. The van der Waals surface area contributed by atoms with Crippen LogP contribution in [0.3, 0.4) is 0 Å². The molecular formula is C14H15FN2O3. The lowest BCUT2D eigenvalue weighted by molar-refractivity contribution is 0.0886. The van der Waals surface area contributed by atoms with Crippen molar-refractivity contribution in [3.8, 4) is 11.8 Å². The van der Waals surface area contributed by atoms with Crippen LogP contribution >= 0.6 is 0 Å². The van der Waals surface area contributed by atoms with Crippen LogP contribution in [0.5, 0.6) is 11.8 Å². The predicted octanol–water partition coefficient (Wildman–Crippen LogP) is 1.89. The zero-order valence-corrected chi connectivity index (χ0v) is 11.4. The van der Waals surface area contributed by atoms with Gasteiger partial charge >= 0.3 is 0 Å². The molecule has 0 bridgehead atoms. The summed E-state index contributed by atoms with van der Waals surface area (Å²) < 4.78 is 23.9. The Morgan fingerprint density at radius 3 is 2.50 bits per heavy atom. The third-order valence-corrected chi connectivity index (χ3v) is 2.98. The Labute approximate surface area is 116 Å². The van der Waals surface area contributed by atoms with Crippen LogP contribution in [0, 0.1) is 5.82 Å². The summed E-state index contributed by atoms with van der Waals surface area (Å²) >= 11 is 0. The van der Waals surface area contributed by atoms with Crippen molar-refractivity contribution >= 4 is 0 Å². The minimum Gasteiger partial charge on any atom is -0.480 e. The quantitative estimate of drug-likeness (QED) is 0.925. The van der Waals surface area contributed by atoms with Crippen LogP contribution in [0.15, 0.2) is 30.5 Å². The SMILES string of the molecule is COc1cnc(C(C)(O)c2ccccc2F)c(OC)n1. The number of halogens is 1. The molecule has 1 unspecified atom stereocenters. The second-order valence-electron chi connectivity index (χ2n) is 4.32. The molecular weight excluding hydrogens is 263 g/mol. The molecule has 1 heterocycles. The summed E-state index contributed by atoms with van der Waals surface area (Å²) in [4.78, 5) is 8.12. The maximum absolute atomic E-state index is 13.9. The standard InChI is InChI=1S/C14H15FN2O3/c1-14(18,9-6-4-5-7-10(9)15)12-13(20-3)17-11(19-2)8-16-12/h4-8,18H,1-3H3. The van der Waals surface area contributed by atoms with Crippen molar-refractivity contribution in [2.24, 2.45) is 0 Å². The highest BCUT2D eigenvalue weighted by atomic mass is 19.1. The van der Waals surface area contributed by atoms with Crippen LogP contribution in [-0.2, 0) is 5.60 Å². The van der Waals surface area contributed by atoms with Crippen molar-refractivity contribution in [1.82, 2.24) is 9.97 Å². The molecule has 0 amide bonds. The third kappa shape index (κ3) is 2.42. The summed E-state index contributed by atoms with van der Waals surface area (Å²) in [6.45, 7) is 1.43. The molecule has 1 aromatic carbocycles. The molecule has 2 aromatic rings. The molecule has 6 heteroatoms. The number of benzene rings is 1. The first kappa shape index (κ1) is 14.2. The Morgan fingerprint density at radius 2 is 1.90 bits per heavy atom. The Balaban J connectivity index is 2.57. The number of rotatable bonds is 4. The molecule has 0 saturated carbocycles. The summed E-state index contributed by atoms with van der Waals surface area (Å²) in [5.41, 5.74) is -1.46. The van der Waals surface area contributed by atoms with Gasteiger partial charge in [-0.3, -0.25) is 0 Å². The molecule has 106 valence electrons. The van der Waals surface area contributed by atoms with E-state index in [2.05, 4.69) is 9.97 Å². The zero-order chi connectivity index (χ0) is 14.8. The van der Waals surface area contributed by atoms with Crippen LogP contribution in [0.4, 0.5) is 4.39 Å². The fraction of sp³-hybridized carbons (Fsp3) is 0.286.